The molecule has 0 aliphatic rings. The summed E-state index contributed by atoms with van der Waals surface area (Å²) in [7, 11) is -1.90. The molecule has 0 aliphatic carbocycles. The van der Waals surface area contributed by atoms with Gasteiger partial charge in [0.25, 0.3) is 0 Å². The predicted octanol–water partition coefficient (Wildman–Crippen LogP) is 14.8. The molecule has 0 unspecified atom stereocenters. The average Bonchev–Trinajstić information content (AvgIpc) is 3.58. The second kappa shape index (κ2) is 14.6. The first kappa shape index (κ1) is 37.4. The molecule has 0 saturated carbocycles. The van der Waals surface area contributed by atoms with E-state index in [1.807, 2.05) is 0 Å². The van der Waals surface area contributed by atoms with E-state index >= 15 is 0 Å². The van der Waals surface area contributed by atoms with Crippen molar-refractivity contribution in [2.24, 2.45) is 0 Å². The molecule has 0 aliphatic heterocycles. The third-order valence-electron chi connectivity index (χ3n) is 11.3. The van der Waals surface area contributed by atoms with Crippen molar-refractivity contribution < 1.29 is 0 Å². The minimum atomic E-state index is -1.90. The molecule has 2 aromatic heterocycles. The van der Waals surface area contributed by atoms with Crippen molar-refractivity contribution in [3.63, 3.8) is 0 Å². The third-order valence-corrected chi connectivity index (χ3v) is 15.2. The van der Waals surface area contributed by atoms with Crippen LogP contribution in [0.3, 0.4) is 0 Å². The zero-order chi connectivity index (χ0) is 40.1. The van der Waals surface area contributed by atoms with Gasteiger partial charge in [-0.25, -0.2) is 9.97 Å². The molecule has 0 atom stereocenters. The van der Waals surface area contributed by atoms with Crippen LogP contribution in [0.1, 0.15) is 52.7 Å². The van der Waals surface area contributed by atoms with Crippen molar-refractivity contribution in [1.29, 1.82) is 0 Å². The van der Waals surface area contributed by atoms with Crippen LogP contribution in [0.2, 0.25) is 0 Å². The fourth-order valence-corrected chi connectivity index (χ4v) is 12.1. The van der Waals surface area contributed by atoms with Crippen molar-refractivity contribution >= 4 is 31.8 Å². The molecule has 0 amide bonds. The quantitative estimate of drug-likeness (QED) is 0.162. The van der Waals surface area contributed by atoms with Crippen LogP contribution < -0.4 is 0 Å². The molecule has 0 N–H and O–H groups in total. The van der Waals surface area contributed by atoms with Crippen LogP contribution in [0.4, 0.5) is 0 Å². The van der Waals surface area contributed by atoms with Crippen molar-refractivity contribution in [3.8, 4) is 28.5 Å². The van der Waals surface area contributed by atoms with E-state index in [1.54, 1.807) is 0 Å². The Hall–Kier alpha value is -6.23. The van der Waals surface area contributed by atoms with Crippen LogP contribution in [0, 0.1) is 0 Å². The molecule has 286 valence electrons. The summed E-state index contributed by atoms with van der Waals surface area (Å²) in [4.78, 5) is 16.0. The standard InChI is InChI=1S/C54H49N3S/c1-53(2,3)40-30-32-50-46(35-40)47-36-41(54(4,5)6)31-33-51(47)57(50)52-55-48(38-20-11-7-12-21-38)37-49(56-52)39-22-19-29-45(34-39)58(42-23-13-8-14-24-42,43-25-15-9-16-26-43)44-27-17-10-18-28-44/h7-37H,1-6H3. The monoisotopic (exact) mass is 771 g/mol. The van der Waals surface area contributed by atoms with Crippen LogP contribution in [-0.2, 0) is 10.8 Å². The molecule has 0 radical (unpaired) electrons. The minimum Gasteiger partial charge on any atom is -0.278 e. The molecule has 0 bridgehead atoms. The number of nitrogens with zero attached hydrogens (tertiary/aromatic N) is 3. The van der Waals surface area contributed by atoms with Crippen molar-refractivity contribution in [3.05, 3.63) is 199 Å². The van der Waals surface area contributed by atoms with Crippen LogP contribution in [0.25, 0.3) is 50.3 Å². The predicted molar refractivity (Wildman–Crippen MR) is 245 cm³/mol. The highest BCUT2D eigenvalue weighted by atomic mass is 32.3. The first-order valence-electron chi connectivity index (χ1n) is 20.1. The molecule has 9 aromatic rings. The van der Waals surface area contributed by atoms with Crippen LogP contribution in [0.5, 0.6) is 0 Å². The molecule has 3 nitrogen and oxygen atoms in total. The molecule has 0 fully saturated rings. The van der Waals surface area contributed by atoms with Gasteiger partial charge >= 0.3 is 0 Å². The van der Waals surface area contributed by atoms with Crippen molar-refractivity contribution in [2.45, 2.75) is 72.0 Å². The minimum absolute atomic E-state index is 0.00260. The van der Waals surface area contributed by atoms with Crippen LogP contribution in [-0.4, -0.2) is 14.5 Å². The van der Waals surface area contributed by atoms with E-state index in [0.717, 1.165) is 33.5 Å². The Morgan fingerprint density at radius 2 is 0.776 bits per heavy atom. The number of aromatic nitrogens is 3. The van der Waals surface area contributed by atoms with Gasteiger partial charge in [0.2, 0.25) is 5.95 Å². The summed E-state index contributed by atoms with van der Waals surface area (Å²) < 4.78 is 2.27. The lowest BCUT2D eigenvalue weighted by Crippen LogP contribution is -2.10. The normalized spacial score (nSPS) is 12.6. The summed E-state index contributed by atoms with van der Waals surface area (Å²) in [5.74, 6) is 0.654. The molecule has 0 saturated heterocycles. The van der Waals surface area contributed by atoms with Gasteiger partial charge in [-0.05, 0) is 101 Å². The Morgan fingerprint density at radius 3 is 1.22 bits per heavy atom. The van der Waals surface area contributed by atoms with Gasteiger partial charge in [-0.15, -0.1) is 10.0 Å². The smallest absolute Gasteiger partial charge is 0.235 e. The molecular formula is C54H49N3S. The number of benzene rings is 7. The Kier molecular flexibility index (Phi) is 9.41. The van der Waals surface area contributed by atoms with Gasteiger partial charge in [-0.3, -0.25) is 4.57 Å². The SMILES string of the molecule is CC(C)(C)c1ccc2c(c1)c1cc(C(C)(C)C)ccc1n2-c1nc(-c2ccccc2)cc(-c2cccc(S(c3ccccc3)(c3ccccc3)c3ccccc3)c2)n1. The molecule has 2 heterocycles. The van der Waals surface area contributed by atoms with E-state index in [9.17, 15) is 0 Å². The fraction of sp³-hybridized carbons (Fsp3) is 0.148. The second-order valence-corrected chi connectivity index (χ2v) is 20.3. The first-order valence-corrected chi connectivity index (χ1v) is 21.8. The van der Waals surface area contributed by atoms with Gasteiger partial charge in [0.05, 0.1) is 22.4 Å². The maximum atomic E-state index is 5.52. The van der Waals surface area contributed by atoms with E-state index in [0.29, 0.717) is 5.95 Å². The molecule has 4 heteroatoms. The maximum Gasteiger partial charge on any atom is 0.235 e. The number of hydrogen-bond acceptors (Lipinski definition) is 2. The van der Waals surface area contributed by atoms with E-state index in [2.05, 4.69) is 234 Å². The van der Waals surface area contributed by atoms with E-state index in [-0.39, 0.29) is 10.8 Å². The number of fused-ring (bicyclic) bond motifs is 3. The Labute approximate surface area is 344 Å². The topological polar surface area (TPSA) is 30.7 Å². The largest absolute Gasteiger partial charge is 0.278 e. The van der Waals surface area contributed by atoms with Crippen molar-refractivity contribution in [2.75, 3.05) is 0 Å². The Bertz CT molecular complexity index is 2720. The zero-order valence-corrected chi connectivity index (χ0v) is 35.0. The van der Waals surface area contributed by atoms with Gasteiger partial charge in [-0.2, -0.15) is 0 Å². The fourth-order valence-electron chi connectivity index (χ4n) is 8.15. The summed E-state index contributed by atoms with van der Waals surface area (Å²) in [5.41, 5.74) is 8.66. The summed E-state index contributed by atoms with van der Waals surface area (Å²) in [6.45, 7) is 13.7. The summed E-state index contributed by atoms with van der Waals surface area (Å²) >= 11 is 0. The lowest BCUT2D eigenvalue weighted by atomic mass is 9.85. The van der Waals surface area contributed by atoms with E-state index in [1.165, 1.54) is 41.5 Å². The summed E-state index contributed by atoms with van der Waals surface area (Å²) in [5, 5.41) is 2.43. The zero-order valence-electron chi connectivity index (χ0n) is 34.1. The highest BCUT2D eigenvalue weighted by molar-refractivity contribution is 8.34. The average molecular weight is 772 g/mol. The van der Waals surface area contributed by atoms with Gasteiger partial charge in [0.15, 0.2) is 0 Å². The van der Waals surface area contributed by atoms with Crippen molar-refractivity contribution in [1.82, 2.24) is 14.5 Å². The molecule has 0 spiro atoms. The van der Waals surface area contributed by atoms with Gasteiger partial charge in [0.1, 0.15) is 0 Å². The van der Waals surface area contributed by atoms with Gasteiger partial charge < -0.3 is 0 Å². The number of hydrogen-bond donors (Lipinski definition) is 0. The molecular weight excluding hydrogens is 723 g/mol. The van der Waals surface area contributed by atoms with Gasteiger partial charge in [-0.1, -0.05) is 151 Å². The number of rotatable bonds is 7. The molecule has 9 rings (SSSR count). The maximum absolute atomic E-state index is 5.52. The first-order chi connectivity index (χ1) is 28.0. The van der Waals surface area contributed by atoms with E-state index < -0.39 is 10.0 Å². The Morgan fingerprint density at radius 1 is 0.379 bits per heavy atom. The van der Waals surface area contributed by atoms with E-state index in [4.69, 9.17) is 9.97 Å². The third kappa shape index (κ3) is 6.62. The van der Waals surface area contributed by atoms with Crippen LogP contribution >= 0.6 is 10.0 Å². The lowest BCUT2D eigenvalue weighted by molar-refractivity contribution is 0.590. The molecule has 7 aromatic carbocycles. The summed E-state index contributed by atoms with van der Waals surface area (Å²) in [6, 6.07) is 68.6. The lowest BCUT2D eigenvalue weighted by Gasteiger charge is -2.42. The highest BCUT2D eigenvalue weighted by Gasteiger charge is 2.33. The highest BCUT2D eigenvalue weighted by Crippen LogP contribution is 2.73. The summed E-state index contributed by atoms with van der Waals surface area (Å²) in [6.07, 6.45) is 0. The molecule has 58 heavy (non-hydrogen) atoms. The second-order valence-electron chi connectivity index (χ2n) is 17.2. The van der Waals surface area contributed by atoms with Gasteiger partial charge in [0, 0.05) is 41.5 Å². The Balaban J connectivity index is 1.32. The van der Waals surface area contributed by atoms with Crippen LogP contribution in [0.15, 0.2) is 208 Å².